The highest BCUT2D eigenvalue weighted by molar-refractivity contribution is 6.30. The van der Waals surface area contributed by atoms with E-state index in [4.69, 9.17) is 11.6 Å². The van der Waals surface area contributed by atoms with Crippen molar-refractivity contribution in [2.24, 2.45) is 5.92 Å². The Morgan fingerprint density at radius 2 is 2.00 bits per heavy atom. The highest BCUT2D eigenvalue weighted by Gasteiger charge is 2.54. The van der Waals surface area contributed by atoms with Gasteiger partial charge in [-0.3, -0.25) is 14.6 Å². The lowest BCUT2D eigenvalue weighted by atomic mass is 9.76. The van der Waals surface area contributed by atoms with Crippen LogP contribution in [0.15, 0.2) is 30.5 Å². The number of alkyl halides is 2. The minimum absolute atomic E-state index is 0.112. The van der Waals surface area contributed by atoms with E-state index in [0.717, 1.165) is 48.7 Å². The van der Waals surface area contributed by atoms with Gasteiger partial charge in [0.15, 0.2) is 0 Å². The number of carbonyl (C=O) groups excluding carboxylic acids is 2. The smallest absolute Gasteiger partial charge is 0.281 e. The summed E-state index contributed by atoms with van der Waals surface area (Å²) in [5.41, 5.74) is 2.10. The molecule has 2 aromatic rings. The number of aromatic nitrogens is 1. The number of nitrogens with one attached hydrogen (secondary N) is 2. The van der Waals surface area contributed by atoms with Crippen LogP contribution < -0.4 is 15.5 Å². The molecule has 1 aliphatic carbocycles. The predicted molar refractivity (Wildman–Crippen MR) is 125 cm³/mol. The summed E-state index contributed by atoms with van der Waals surface area (Å²) >= 11 is 5.88. The average molecular weight is 489 g/mol. The molecule has 6 nitrogen and oxygen atoms in total. The van der Waals surface area contributed by atoms with E-state index < -0.39 is 23.4 Å². The lowest BCUT2D eigenvalue weighted by Gasteiger charge is -2.38. The summed E-state index contributed by atoms with van der Waals surface area (Å²) in [6.45, 7) is 4.05. The number of fused-ring (bicyclic) bond motifs is 2. The standard InChI is InChI=1S/C25H27ClF2N4O2/c1-14-2-7-19-20(8-14)32(24(34)25(19)12-29-13-25)11-15-3-5-17(6-4-15)31-23(33)18-9-16(26)10-30-21(18)22(27)28/h2,7-10,15,17,22,29H,3-6,11-13H2,1H3,(H,31,33)/t15-,17-. The van der Waals surface area contributed by atoms with Crippen molar-refractivity contribution in [3.05, 3.63) is 57.9 Å². The normalized spacial score (nSPS) is 23.2. The van der Waals surface area contributed by atoms with E-state index in [9.17, 15) is 18.4 Å². The third kappa shape index (κ3) is 3.96. The number of benzene rings is 1. The molecule has 2 N–H and O–H groups in total. The monoisotopic (exact) mass is 488 g/mol. The molecule has 9 heteroatoms. The lowest BCUT2D eigenvalue weighted by Crippen LogP contribution is -2.62. The van der Waals surface area contributed by atoms with Crippen molar-refractivity contribution in [1.82, 2.24) is 15.6 Å². The number of amides is 2. The van der Waals surface area contributed by atoms with Crippen molar-refractivity contribution >= 4 is 29.1 Å². The number of halogens is 3. The molecule has 3 aliphatic rings. The zero-order valence-corrected chi connectivity index (χ0v) is 19.7. The largest absolute Gasteiger partial charge is 0.349 e. The van der Waals surface area contributed by atoms with Crippen molar-refractivity contribution in [3.8, 4) is 0 Å². The van der Waals surface area contributed by atoms with Crippen LogP contribution >= 0.6 is 11.6 Å². The van der Waals surface area contributed by atoms with Gasteiger partial charge in [-0.15, -0.1) is 0 Å². The molecular weight excluding hydrogens is 462 g/mol. The van der Waals surface area contributed by atoms with Crippen LogP contribution in [0.25, 0.3) is 0 Å². The molecule has 1 aromatic carbocycles. The fraction of sp³-hybridized carbons (Fsp3) is 0.480. The average Bonchev–Trinajstić information content (AvgIpc) is 3.02. The van der Waals surface area contributed by atoms with Gasteiger partial charge in [0, 0.05) is 37.6 Å². The SMILES string of the molecule is Cc1ccc2c(c1)N(C[C@H]1CC[C@H](NC(=O)c3cc(Cl)cnc3C(F)F)CC1)C(=O)C21CNC1. The summed E-state index contributed by atoms with van der Waals surface area (Å²) < 4.78 is 26.5. The van der Waals surface area contributed by atoms with Crippen molar-refractivity contribution < 1.29 is 18.4 Å². The molecule has 0 atom stereocenters. The second-order valence-electron chi connectivity index (χ2n) is 9.70. The van der Waals surface area contributed by atoms with Crippen molar-refractivity contribution in [3.63, 3.8) is 0 Å². The number of aryl methyl sites for hydroxylation is 1. The van der Waals surface area contributed by atoms with E-state index >= 15 is 0 Å². The predicted octanol–water partition coefficient (Wildman–Crippen LogP) is 4.16. The number of carbonyl (C=O) groups is 2. The van der Waals surface area contributed by atoms with Crippen molar-refractivity contribution in [2.45, 2.75) is 50.5 Å². The molecule has 2 aliphatic heterocycles. The minimum atomic E-state index is -2.85. The Labute approximate surface area is 202 Å². The summed E-state index contributed by atoms with van der Waals surface area (Å²) in [7, 11) is 0. The summed E-state index contributed by atoms with van der Waals surface area (Å²) in [5, 5.41) is 6.28. The van der Waals surface area contributed by atoms with E-state index in [0.29, 0.717) is 25.6 Å². The van der Waals surface area contributed by atoms with Crippen LogP contribution in [-0.2, 0) is 10.2 Å². The van der Waals surface area contributed by atoms with Gasteiger partial charge in [-0.25, -0.2) is 8.78 Å². The zero-order chi connectivity index (χ0) is 24.0. The lowest BCUT2D eigenvalue weighted by molar-refractivity contribution is -0.125. The number of hydrogen-bond acceptors (Lipinski definition) is 4. The molecule has 0 unspecified atom stereocenters. The number of rotatable bonds is 5. The minimum Gasteiger partial charge on any atom is -0.349 e. The van der Waals surface area contributed by atoms with Gasteiger partial charge in [0.2, 0.25) is 5.91 Å². The van der Waals surface area contributed by atoms with Crippen molar-refractivity contribution in [2.75, 3.05) is 24.5 Å². The highest BCUT2D eigenvalue weighted by Crippen LogP contribution is 2.45. The third-order valence-corrected chi connectivity index (χ3v) is 7.63. The molecule has 1 saturated carbocycles. The van der Waals surface area contributed by atoms with Gasteiger partial charge in [0.05, 0.1) is 10.6 Å². The van der Waals surface area contributed by atoms with Gasteiger partial charge >= 0.3 is 0 Å². The molecule has 180 valence electrons. The quantitative estimate of drug-likeness (QED) is 0.663. The maximum absolute atomic E-state index is 13.4. The summed E-state index contributed by atoms with van der Waals surface area (Å²) in [6, 6.07) is 7.39. The first kappa shape index (κ1) is 23.2. The summed E-state index contributed by atoms with van der Waals surface area (Å²) in [5.74, 6) is -0.0827. The van der Waals surface area contributed by atoms with E-state index in [1.54, 1.807) is 0 Å². The van der Waals surface area contributed by atoms with E-state index in [2.05, 4.69) is 33.8 Å². The number of pyridine rings is 1. The fourth-order valence-electron chi connectivity index (χ4n) is 5.47. The molecule has 0 radical (unpaired) electrons. The Kier molecular flexibility index (Phi) is 6.06. The van der Waals surface area contributed by atoms with Crippen LogP contribution in [0.1, 0.15) is 59.3 Å². The molecule has 2 amide bonds. The van der Waals surface area contributed by atoms with Crippen LogP contribution in [0.3, 0.4) is 0 Å². The van der Waals surface area contributed by atoms with E-state index in [1.807, 2.05) is 11.8 Å². The van der Waals surface area contributed by atoms with Crippen LogP contribution in [-0.4, -0.2) is 42.5 Å². The second kappa shape index (κ2) is 8.89. The molecule has 0 bridgehead atoms. The molecule has 3 heterocycles. The zero-order valence-electron chi connectivity index (χ0n) is 18.9. The van der Waals surface area contributed by atoms with Gasteiger partial charge in [0.1, 0.15) is 11.1 Å². The highest BCUT2D eigenvalue weighted by atomic mass is 35.5. The molecule has 2 fully saturated rings. The maximum Gasteiger partial charge on any atom is 0.281 e. The second-order valence-corrected chi connectivity index (χ2v) is 10.1. The molecule has 1 spiro atoms. The van der Waals surface area contributed by atoms with Gasteiger partial charge in [-0.05, 0) is 61.8 Å². The first-order valence-electron chi connectivity index (χ1n) is 11.7. The van der Waals surface area contributed by atoms with Crippen LogP contribution in [0.4, 0.5) is 14.5 Å². The Morgan fingerprint density at radius 3 is 2.65 bits per heavy atom. The van der Waals surface area contributed by atoms with E-state index in [-0.39, 0.29) is 22.5 Å². The van der Waals surface area contributed by atoms with Gasteiger partial charge in [0.25, 0.3) is 12.3 Å². The Hall–Kier alpha value is -2.58. The Balaban J connectivity index is 1.22. The first-order chi connectivity index (χ1) is 16.3. The molecule has 1 saturated heterocycles. The van der Waals surface area contributed by atoms with Gasteiger partial charge in [-0.1, -0.05) is 23.7 Å². The Bertz CT molecular complexity index is 1130. The molecule has 34 heavy (non-hydrogen) atoms. The van der Waals surface area contributed by atoms with Crippen LogP contribution in [0.2, 0.25) is 5.02 Å². The number of nitrogens with zero attached hydrogens (tertiary/aromatic N) is 2. The summed E-state index contributed by atoms with van der Waals surface area (Å²) in [6.07, 6.45) is 1.40. The van der Waals surface area contributed by atoms with E-state index in [1.165, 1.54) is 6.07 Å². The van der Waals surface area contributed by atoms with Gasteiger partial charge in [-0.2, -0.15) is 0 Å². The maximum atomic E-state index is 13.4. The van der Waals surface area contributed by atoms with Crippen LogP contribution in [0, 0.1) is 12.8 Å². The molecular formula is C25H27ClF2N4O2. The number of anilines is 1. The Morgan fingerprint density at radius 1 is 1.26 bits per heavy atom. The van der Waals surface area contributed by atoms with Gasteiger partial charge < -0.3 is 15.5 Å². The molecule has 1 aromatic heterocycles. The topological polar surface area (TPSA) is 74.3 Å². The third-order valence-electron chi connectivity index (χ3n) is 7.43. The number of hydrogen-bond donors (Lipinski definition) is 2. The van der Waals surface area contributed by atoms with Crippen molar-refractivity contribution in [1.29, 1.82) is 0 Å². The molecule has 5 rings (SSSR count). The summed E-state index contributed by atoms with van der Waals surface area (Å²) in [4.78, 5) is 31.6. The van der Waals surface area contributed by atoms with Crippen LogP contribution in [0.5, 0.6) is 0 Å². The fourth-order valence-corrected chi connectivity index (χ4v) is 5.62. The first-order valence-corrected chi connectivity index (χ1v) is 12.0.